The van der Waals surface area contributed by atoms with E-state index in [1.807, 2.05) is 0 Å². The number of hydrogen-bond acceptors (Lipinski definition) is 2. The van der Waals surface area contributed by atoms with E-state index >= 15 is 0 Å². The third-order valence-corrected chi connectivity index (χ3v) is 3.47. The molecule has 0 amide bonds. The number of nitrogens with zero attached hydrogens (tertiary/aromatic N) is 1. The Morgan fingerprint density at radius 1 is 1.29 bits per heavy atom. The van der Waals surface area contributed by atoms with Crippen LogP contribution in [0.15, 0.2) is 12.2 Å². The van der Waals surface area contributed by atoms with Crippen molar-refractivity contribution in [2.24, 2.45) is 0 Å². The van der Waals surface area contributed by atoms with Crippen molar-refractivity contribution in [2.45, 2.75) is 51.2 Å². The lowest BCUT2D eigenvalue weighted by molar-refractivity contribution is 0.0669. The lowest BCUT2D eigenvalue weighted by atomic mass is 9.97. The van der Waals surface area contributed by atoms with Crippen LogP contribution in [0.2, 0.25) is 0 Å². The van der Waals surface area contributed by atoms with Gasteiger partial charge in [0.05, 0.1) is 0 Å². The highest BCUT2D eigenvalue weighted by molar-refractivity contribution is 5.02. The van der Waals surface area contributed by atoms with E-state index in [9.17, 15) is 0 Å². The van der Waals surface area contributed by atoms with Crippen molar-refractivity contribution >= 4 is 0 Å². The summed E-state index contributed by atoms with van der Waals surface area (Å²) in [6.45, 7) is 9.24. The Labute approximate surface area is 87.4 Å². The van der Waals surface area contributed by atoms with E-state index in [1.54, 1.807) is 0 Å². The molecule has 0 aromatic heterocycles. The van der Waals surface area contributed by atoms with Crippen LogP contribution in [0, 0.1) is 0 Å². The molecule has 1 aliphatic carbocycles. The largest absolute Gasteiger partial charge is 0.309 e. The zero-order valence-electron chi connectivity index (χ0n) is 9.59. The summed E-state index contributed by atoms with van der Waals surface area (Å²) >= 11 is 0. The molecule has 1 fully saturated rings. The van der Waals surface area contributed by atoms with Crippen LogP contribution in [-0.4, -0.2) is 35.6 Å². The molecule has 0 spiro atoms. The molecular formula is C12H22N2. The van der Waals surface area contributed by atoms with Crippen LogP contribution >= 0.6 is 0 Å². The lowest BCUT2D eigenvalue weighted by Gasteiger charge is -2.46. The van der Waals surface area contributed by atoms with E-state index in [1.165, 1.54) is 19.4 Å². The minimum absolute atomic E-state index is 0.287. The van der Waals surface area contributed by atoms with Gasteiger partial charge in [-0.3, -0.25) is 4.90 Å². The normalized spacial score (nSPS) is 33.8. The fourth-order valence-corrected chi connectivity index (χ4v) is 2.57. The highest BCUT2D eigenvalue weighted by Crippen LogP contribution is 2.24. The quantitative estimate of drug-likeness (QED) is 0.640. The number of rotatable bonds is 1. The van der Waals surface area contributed by atoms with Gasteiger partial charge in [0.2, 0.25) is 0 Å². The van der Waals surface area contributed by atoms with Crippen LogP contribution in [0.3, 0.4) is 0 Å². The van der Waals surface area contributed by atoms with E-state index in [2.05, 4.69) is 43.1 Å². The minimum Gasteiger partial charge on any atom is -0.309 e. The summed E-state index contributed by atoms with van der Waals surface area (Å²) in [5.41, 5.74) is 0.287. The molecule has 2 rings (SSSR count). The third-order valence-electron chi connectivity index (χ3n) is 3.47. The van der Waals surface area contributed by atoms with Crippen molar-refractivity contribution in [1.82, 2.24) is 10.2 Å². The Balaban J connectivity index is 2.01. The molecule has 1 aliphatic heterocycles. The zero-order chi connectivity index (χ0) is 10.2. The van der Waals surface area contributed by atoms with Gasteiger partial charge in [0, 0.05) is 30.7 Å². The Hall–Kier alpha value is -0.340. The number of hydrogen-bond donors (Lipinski definition) is 1. The summed E-state index contributed by atoms with van der Waals surface area (Å²) in [6.07, 6.45) is 7.15. The highest BCUT2D eigenvalue weighted by atomic mass is 15.3. The molecule has 0 saturated carbocycles. The molecule has 0 radical (unpaired) electrons. The second kappa shape index (κ2) is 3.67. The second-order valence-electron chi connectivity index (χ2n) is 5.38. The van der Waals surface area contributed by atoms with Crippen LogP contribution in [-0.2, 0) is 0 Å². The SMILES string of the molecule is CC1CNC(C)(C)CN1C1CC=CC1. The van der Waals surface area contributed by atoms with Crippen molar-refractivity contribution in [1.29, 1.82) is 0 Å². The average molecular weight is 194 g/mol. The molecule has 2 heteroatoms. The topological polar surface area (TPSA) is 15.3 Å². The smallest absolute Gasteiger partial charge is 0.0253 e. The highest BCUT2D eigenvalue weighted by Gasteiger charge is 2.34. The monoisotopic (exact) mass is 194 g/mol. The van der Waals surface area contributed by atoms with Gasteiger partial charge in [-0.15, -0.1) is 0 Å². The number of piperazine rings is 1. The summed E-state index contributed by atoms with van der Waals surface area (Å²) in [6, 6.07) is 1.46. The standard InChI is InChI=1S/C12H22N2/c1-10-8-13-12(2,3)9-14(10)11-6-4-5-7-11/h4-5,10-11,13H,6-9H2,1-3H3. The van der Waals surface area contributed by atoms with Gasteiger partial charge in [-0.1, -0.05) is 12.2 Å². The molecular weight excluding hydrogens is 172 g/mol. The second-order valence-corrected chi connectivity index (χ2v) is 5.38. The Kier molecular flexibility index (Phi) is 2.67. The van der Waals surface area contributed by atoms with Gasteiger partial charge >= 0.3 is 0 Å². The van der Waals surface area contributed by atoms with E-state index in [0.717, 1.165) is 12.6 Å². The first-order valence-corrected chi connectivity index (χ1v) is 5.74. The van der Waals surface area contributed by atoms with Crippen molar-refractivity contribution < 1.29 is 0 Å². The van der Waals surface area contributed by atoms with Gasteiger partial charge in [-0.05, 0) is 33.6 Å². The summed E-state index contributed by atoms with van der Waals surface area (Å²) in [4.78, 5) is 2.68. The molecule has 0 bridgehead atoms. The van der Waals surface area contributed by atoms with E-state index < -0.39 is 0 Å². The van der Waals surface area contributed by atoms with Crippen LogP contribution < -0.4 is 5.32 Å². The molecule has 2 aliphatic rings. The van der Waals surface area contributed by atoms with Crippen molar-refractivity contribution in [3.63, 3.8) is 0 Å². The molecule has 1 atom stereocenters. The Morgan fingerprint density at radius 3 is 2.57 bits per heavy atom. The van der Waals surface area contributed by atoms with Crippen LogP contribution in [0.5, 0.6) is 0 Å². The summed E-state index contributed by atoms with van der Waals surface area (Å²) < 4.78 is 0. The molecule has 80 valence electrons. The van der Waals surface area contributed by atoms with Gasteiger partial charge in [0.1, 0.15) is 0 Å². The fourth-order valence-electron chi connectivity index (χ4n) is 2.57. The Morgan fingerprint density at radius 2 is 1.93 bits per heavy atom. The molecule has 1 unspecified atom stereocenters. The molecule has 1 heterocycles. The molecule has 2 nitrogen and oxygen atoms in total. The number of nitrogens with one attached hydrogen (secondary N) is 1. The molecule has 14 heavy (non-hydrogen) atoms. The lowest BCUT2D eigenvalue weighted by Crippen LogP contribution is -2.62. The molecule has 0 aromatic rings. The van der Waals surface area contributed by atoms with Crippen LogP contribution in [0.4, 0.5) is 0 Å². The van der Waals surface area contributed by atoms with Gasteiger partial charge in [0.25, 0.3) is 0 Å². The molecule has 1 N–H and O–H groups in total. The third kappa shape index (κ3) is 2.01. The van der Waals surface area contributed by atoms with Gasteiger partial charge in [0.15, 0.2) is 0 Å². The van der Waals surface area contributed by atoms with Gasteiger partial charge in [-0.2, -0.15) is 0 Å². The van der Waals surface area contributed by atoms with Gasteiger partial charge in [-0.25, -0.2) is 0 Å². The van der Waals surface area contributed by atoms with E-state index in [4.69, 9.17) is 0 Å². The minimum atomic E-state index is 0.287. The molecule has 1 saturated heterocycles. The summed E-state index contributed by atoms with van der Waals surface area (Å²) in [5.74, 6) is 0. The summed E-state index contributed by atoms with van der Waals surface area (Å²) in [5, 5.41) is 3.60. The molecule has 0 aromatic carbocycles. The predicted molar refractivity (Wildman–Crippen MR) is 60.4 cm³/mol. The fraction of sp³-hybridized carbons (Fsp3) is 0.833. The Bertz CT molecular complexity index is 224. The van der Waals surface area contributed by atoms with Crippen LogP contribution in [0.25, 0.3) is 0 Å². The van der Waals surface area contributed by atoms with Crippen molar-refractivity contribution in [3.8, 4) is 0 Å². The van der Waals surface area contributed by atoms with E-state index in [0.29, 0.717) is 6.04 Å². The van der Waals surface area contributed by atoms with E-state index in [-0.39, 0.29) is 5.54 Å². The van der Waals surface area contributed by atoms with Crippen LogP contribution in [0.1, 0.15) is 33.6 Å². The van der Waals surface area contributed by atoms with Gasteiger partial charge < -0.3 is 5.32 Å². The first-order valence-electron chi connectivity index (χ1n) is 5.74. The zero-order valence-corrected chi connectivity index (χ0v) is 9.59. The maximum absolute atomic E-state index is 3.60. The van der Waals surface area contributed by atoms with Crippen molar-refractivity contribution in [3.05, 3.63) is 12.2 Å². The van der Waals surface area contributed by atoms with Crippen molar-refractivity contribution in [2.75, 3.05) is 13.1 Å². The maximum atomic E-state index is 3.60. The summed E-state index contributed by atoms with van der Waals surface area (Å²) in [7, 11) is 0. The predicted octanol–water partition coefficient (Wildman–Crippen LogP) is 1.78. The average Bonchev–Trinajstić information content (AvgIpc) is 2.62. The first kappa shape index (κ1) is 10.2. The first-order chi connectivity index (χ1) is 6.58. The maximum Gasteiger partial charge on any atom is 0.0253 e.